The Morgan fingerprint density at radius 3 is 2.44 bits per heavy atom. The molecule has 0 aliphatic carbocycles. The largest absolute Gasteiger partial charge is 0.508 e. The molecule has 166 valence electrons. The van der Waals surface area contributed by atoms with E-state index in [1.165, 1.54) is 0 Å². The Labute approximate surface area is 189 Å². The monoisotopic (exact) mass is 430 g/mol. The number of nitrogens with zero attached hydrogens (tertiary/aromatic N) is 2. The van der Waals surface area contributed by atoms with Crippen molar-refractivity contribution in [2.45, 2.75) is 32.4 Å². The van der Waals surface area contributed by atoms with E-state index in [2.05, 4.69) is 4.90 Å². The number of piperidine rings is 1. The quantitative estimate of drug-likeness (QED) is 0.597. The minimum Gasteiger partial charge on any atom is -0.508 e. The summed E-state index contributed by atoms with van der Waals surface area (Å²) in [5.74, 6) is 1.06. The minimum absolute atomic E-state index is 0.0182. The highest BCUT2D eigenvalue weighted by atomic mass is 16.5. The zero-order chi connectivity index (χ0) is 22.5. The van der Waals surface area contributed by atoms with Crippen molar-refractivity contribution in [1.29, 1.82) is 0 Å². The number of methoxy groups -OCH3 is 1. The van der Waals surface area contributed by atoms with Crippen LogP contribution in [0.3, 0.4) is 0 Å². The van der Waals surface area contributed by atoms with E-state index in [0.717, 1.165) is 55.0 Å². The van der Waals surface area contributed by atoms with Crippen LogP contribution in [0, 0.1) is 6.92 Å². The SMILES string of the molecule is COc1cccc(N(C(=O)c2ccc(C)cc2)C2CCN(Cc3cccc(O)c3)CC2)c1. The number of amides is 1. The van der Waals surface area contributed by atoms with Gasteiger partial charge in [0.25, 0.3) is 5.91 Å². The Kier molecular flexibility index (Phi) is 6.76. The third kappa shape index (κ3) is 5.11. The summed E-state index contributed by atoms with van der Waals surface area (Å²) in [6.45, 7) is 4.60. The molecule has 0 atom stereocenters. The Morgan fingerprint density at radius 2 is 1.75 bits per heavy atom. The number of rotatable bonds is 6. The van der Waals surface area contributed by atoms with Gasteiger partial charge in [0.2, 0.25) is 0 Å². The highest BCUT2D eigenvalue weighted by molar-refractivity contribution is 6.06. The molecule has 0 bridgehead atoms. The van der Waals surface area contributed by atoms with Crippen LogP contribution >= 0.6 is 0 Å². The molecule has 0 aromatic heterocycles. The average Bonchev–Trinajstić information content (AvgIpc) is 2.81. The average molecular weight is 431 g/mol. The second-order valence-electron chi connectivity index (χ2n) is 8.42. The molecule has 1 aliphatic rings. The minimum atomic E-state index is 0.0182. The summed E-state index contributed by atoms with van der Waals surface area (Å²) in [5.41, 5.74) is 3.79. The molecule has 1 N–H and O–H groups in total. The zero-order valence-electron chi connectivity index (χ0n) is 18.7. The predicted octanol–water partition coefficient (Wildman–Crippen LogP) is 5.02. The number of hydrogen-bond acceptors (Lipinski definition) is 4. The van der Waals surface area contributed by atoms with Gasteiger partial charge in [-0.1, -0.05) is 35.9 Å². The maximum atomic E-state index is 13.6. The Hall–Kier alpha value is -3.31. The molecular formula is C27H30N2O3. The van der Waals surface area contributed by atoms with Gasteiger partial charge in [-0.3, -0.25) is 9.69 Å². The van der Waals surface area contributed by atoms with Gasteiger partial charge in [-0.15, -0.1) is 0 Å². The maximum Gasteiger partial charge on any atom is 0.258 e. The molecule has 4 rings (SSSR count). The van der Waals surface area contributed by atoms with Gasteiger partial charge in [-0.05, 0) is 61.7 Å². The molecule has 5 heteroatoms. The Balaban J connectivity index is 1.53. The smallest absolute Gasteiger partial charge is 0.258 e. The summed E-state index contributed by atoms with van der Waals surface area (Å²) in [5, 5.41) is 9.74. The summed E-state index contributed by atoms with van der Waals surface area (Å²) in [4.78, 5) is 17.9. The van der Waals surface area contributed by atoms with E-state index < -0.39 is 0 Å². The van der Waals surface area contributed by atoms with Crippen LogP contribution in [-0.4, -0.2) is 42.2 Å². The van der Waals surface area contributed by atoms with Crippen molar-refractivity contribution in [2.24, 2.45) is 0 Å². The number of phenolic OH excluding ortho intramolecular Hbond substituents is 1. The van der Waals surface area contributed by atoms with Gasteiger partial charge in [-0.2, -0.15) is 0 Å². The van der Waals surface area contributed by atoms with Gasteiger partial charge < -0.3 is 14.7 Å². The molecule has 0 saturated carbocycles. The summed E-state index contributed by atoms with van der Waals surface area (Å²) >= 11 is 0. The maximum absolute atomic E-state index is 13.6. The Morgan fingerprint density at radius 1 is 1.03 bits per heavy atom. The van der Waals surface area contributed by atoms with Crippen molar-refractivity contribution in [3.05, 3.63) is 89.5 Å². The number of anilines is 1. The van der Waals surface area contributed by atoms with Crippen molar-refractivity contribution in [1.82, 2.24) is 4.90 Å². The fraction of sp³-hybridized carbons (Fsp3) is 0.296. The number of benzene rings is 3. The molecule has 0 radical (unpaired) electrons. The van der Waals surface area contributed by atoms with Gasteiger partial charge in [0, 0.05) is 43.0 Å². The predicted molar refractivity (Wildman–Crippen MR) is 127 cm³/mol. The molecule has 3 aromatic carbocycles. The normalized spacial score (nSPS) is 14.8. The van der Waals surface area contributed by atoms with E-state index in [1.807, 2.05) is 78.6 Å². The second kappa shape index (κ2) is 9.88. The van der Waals surface area contributed by atoms with Crippen LogP contribution in [0.25, 0.3) is 0 Å². The van der Waals surface area contributed by atoms with Crippen molar-refractivity contribution < 1.29 is 14.6 Å². The van der Waals surface area contributed by atoms with Gasteiger partial charge in [0.05, 0.1) is 7.11 Å². The first-order valence-electron chi connectivity index (χ1n) is 11.1. The van der Waals surface area contributed by atoms with Crippen molar-refractivity contribution in [3.63, 3.8) is 0 Å². The number of aryl methyl sites for hydroxylation is 1. The zero-order valence-corrected chi connectivity index (χ0v) is 18.7. The molecule has 3 aromatic rings. The lowest BCUT2D eigenvalue weighted by Gasteiger charge is -2.38. The lowest BCUT2D eigenvalue weighted by Crippen LogP contribution is -2.47. The lowest BCUT2D eigenvalue weighted by molar-refractivity contribution is 0.0958. The van der Waals surface area contributed by atoms with E-state index in [4.69, 9.17) is 4.74 Å². The number of phenols is 1. The van der Waals surface area contributed by atoms with Gasteiger partial charge in [0.1, 0.15) is 11.5 Å². The first kappa shape index (κ1) is 21.9. The van der Waals surface area contributed by atoms with E-state index in [9.17, 15) is 9.90 Å². The molecular weight excluding hydrogens is 400 g/mol. The lowest BCUT2D eigenvalue weighted by atomic mass is 10.00. The van der Waals surface area contributed by atoms with Crippen LogP contribution in [0.15, 0.2) is 72.8 Å². The van der Waals surface area contributed by atoms with E-state index >= 15 is 0 Å². The third-order valence-corrected chi connectivity index (χ3v) is 6.09. The molecule has 32 heavy (non-hydrogen) atoms. The number of carbonyl (C=O) groups excluding carboxylic acids is 1. The molecule has 5 nitrogen and oxygen atoms in total. The number of hydrogen-bond donors (Lipinski definition) is 1. The molecule has 1 saturated heterocycles. The fourth-order valence-electron chi connectivity index (χ4n) is 4.34. The third-order valence-electron chi connectivity index (χ3n) is 6.09. The number of carbonyl (C=O) groups is 1. The topological polar surface area (TPSA) is 53.0 Å². The molecule has 1 fully saturated rings. The molecule has 1 heterocycles. The Bertz CT molecular complexity index is 1060. The molecule has 1 aliphatic heterocycles. The molecule has 0 spiro atoms. The van der Waals surface area contributed by atoms with Crippen LogP contribution < -0.4 is 9.64 Å². The number of ether oxygens (including phenoxy) is 1. The standard InChI is InChI=1S/C27H30N2O3/c1-20-9-11-22(12-10-20)27(31)29(24-6-4-8-26(18-24)32-2)23-13-15-28(16-14-23)19-21-5-3-7-25(30)17-21/h3-12,17-18,23,30H,13-16,19H2,1-2H3. The first-order valence-corrected chi connectivity index (χ1v) is 11.1. The number of likely N-dealkylation sites (tertiary alicyclic amines) is 1. The molecule has 1 amide bonds. The van der Waals surface area contributed by atoms with E-state index in [1.54, 1.807) is 13.2 Å². The van der Waals surface area contributed by atoms with Crippen molar-refractivity contribution >= 4 is 11.6 Å². The van der Waals surface area contributed by atoms with Crippen LogP contribution in [0.5, 0.6) is 11.5 Å². The summed E-state index contributed by atoms with van der Waals surface area (Å²) in [6, 6.07) is 23.0. The van der Waals surface area contributed by atoms with Gasteiger partial charge in [0.15, 0.2) is 0 Å². The van der Waals surface area contributed by atoms with E-state index in [0.29, 0.717) is 11.3 Å². The van der Waals surface area contributed by atoms with Crippen molar-refractivity contribution in [2.75, 3.05) is 25.1 Å². The van der Waals surface area contributed by atoms with Crippen LogP contribution in [0.1, 0.15) is 34.3 Å². The van der Waals surface area contributed by atoms with Crippen LogP contribution in [0.2, 0.25) is 0 Å². The summed E-state index contributed by atoms with van der Waals surface area (Å²) < 4.78 is 5.42. The van der Waals surface area contributed by atoms with Gasteiger partial charge in [-0.25, -0.2) is 0 Å². The molecule has 0 unspecified atom stereocenters. The van der Waals surface area contributed by atoms with Crippen LogP contribution in [-0.2, 0) is 6.54 Å². The second-order valence-corrected chi connectivity index (χ2v) is 8.42. The fourth-order valence-corrected chi connectivity index (χ4v) is 4.34. The number of aromatic hydroxyl groups is 1. The van der Waals surface area contributed by atoms with Crippen molar-refractivity contribution in [3.8, 4) is 11.5 Å². The van der Waals surface area contributed by atoms with Crippen LogP contribution in [0.4, 0.5) is 5.69 Å². The summed E-state index contributed by atoms with van der Waals surface area (Å²) in [7, 11) is 1.64. The first-order chi connectivity index (χ1) is 15.5. The van der Waals surface area contributed by atoms with Gasteiger partial charge >= 0.3 is 0 Å². The van der Waals surface area contributed by atoms with E-state index in [-0.39, 0.29) is 11.9 Å². The highest BCUT2D eigenvalue weighted by Gasteiger charge is 2.30. The highest BCUT2D eigenvalue weighted by Crippen LogP contribution is 2.29. The summed E-state index contributed by atoms with van der Waals surface area (Å²) in [6.07, 6.45) is 1.77.